The highest BCUT2D eigenvalue weighted by Crippen LogP contribution is 2.27. The van der Waals surface area contributed by atoms with E-state index in [0.717, 1.165) is 5.56 Å². The lowest BCUT2D eigenvalue weighted by atomic mass is 10.1. The van der Waals surface area contributed by atoms with Gasteiger partial charge in [-0.15, -0.1) is 0 Å². The van der Waals surface area contributed by atoms with Gasteiger partial charge in [0, 0.05) is 5.56 Å². The summed E-state index contributed by atoms with van der Waals surface area (Å²) >= 11 is 0. The van der Waals surface area contributed by atoms with E-state index < -0.39 is 15.9 Å². The number of aryl methyl sites for hydroxylation is 1. The van der Waals surface area contributed by atoms with E-state index in [1.165, 1.54) is 0 Å². The van der Waals surface area contributed by atoms with Crippen molar-refractivity contribution in [3.63, 3.8) is 0 Å². The van der Waals surface area contributed by atoms with E-state index in [0.29, 0.717) is 18.4 Å². The minimum atomic E-state index is -3.45. The van der Waals surface area contributed by atoms with Crippen LogP contribution in [0.25, 0.3) is 0 Å². The van der Waals surface area contributed by atoms with Crippen molar-refractivity contribution in [3.05, 3.63) is 35.4 Å². The van der Waals surface area contributed by atoms with Gasteiger partial charge in [0.05, 0.1) is 5.25 Å². The monoisotopic (exact) mass is 239 g/mol. The molecule has 0 saturated heterocycles. The lowest BCUT2D eigenvalue weighted by Gasteiger charge is -2.05. The van der Waals surface area contributed by atoms with Gasteiger partial charge in [-0.1, -0.05) is 17.7 Å². The molecule has 1 amide bonds. The van der Waals surface area contributed by atoms with Gasteiger partial charge in [0.1, 0.15) is 0 Å². The molecule has 5 heteroatoms. The molecule has 4 nitrogen and oxygen atoms in total. The second-order valence-corrected chi connectivity index (χ2v) is 6.01. The topological polar surface area (TPSA) is 63.2 Å². The summed E-state index contributed by atoms with van der Waals surface area (Å²) in [6.07, 6.45) is 1.30. The number of hydrogen-bond donors (Lipinski definition) is 1. The Morgan fingerprint density at radius 2 is 2.06 bits per heavy atom. The van der Waals surface area contributed by atoms with Gasteiger partial charge in [0.2, 0.25) is 10.0 Å². The molecule has 0 atom stereocenters. The SMILES string of the molecule is Cc1cccc(C(=O)NS(=O)(=O)C2CC2)c1. The van der Waals surface area contributed by atoms with Crippen LogP contribution in [0.2, 0.25) is 0 Å². The molecule has 2 rings (SSSR count). The van der Waals surface area contributed by atoms with Gasteiger partial charge < -0.3 is 0 Å². The highest BCUT2D eigenvalue weighted by atomic mass is 32.2. The summed E-state index contributed by atoms with van der Waals surface area (Å²) in [6.45, 7) is 1.85. The first-order valence-corrected chi connectivity index (χ1v) is 6.66. The summed E-state index contributed by atoms with van der Waals surface area (Å²) in [6, 6.07) is 6.85. The summed E-state index contributed by atoms with van der Waals surface area (Å²) in [7, 11) is -3.45. The summed E-state index contributed by atoms with van der Waals surface area (Å²) < 4.78 is 25.2. The van der Waals surface area contributed by atoms with Crippen LogP contribution < -0.4 is 4.72 Å². The Morgan fingerprint density at radius 3 is 2.62 bits per heavy atom. The molecule has 0 bridgehead atoms. The third-order valence-corrected chi connectivity index (χ3v) is 4.30. The first-order chi connectivity index (χ1) is 7.49. The van der Waals surface area contributed by atoms with Crippen LogP contribution in [0.3, 0.4) is 0 Å². The molecular weight excluding hydrogens is 226 g/mol. The molecule has 1 fully saturated rings. The molecule has 0 aromatic heterocycles. The normalized spacial score (nSPS) is 15.8. The molecule has 0 unspecified atom stereocenters. The van der Waals surface area contributed by atoms with Crippen LogP contribution in [0.1, 0.15) is 28.8 Å². The van der Waals surface area contributed by atoms with E-state index in [4.69, 9.17) is 0 Å². The van der Waals surface area contributed by atoms with Gasteiger partial charge in [-0.25, -0.2) is 13.1 Å². The number of rotatable bonds is 3. The average molecular weight is 239 g/mol. The molecule has 1 N–H and O–H groups in total. The van der Waals surface area contributed by atoms with Gasteiger partial charge in [-0.3, -0.25) is 4.79 Å². The predicted octanol–water partition coefficient (Wildman–Crippen LogP) is 1.22. The predicted molar refractivity (Wildman–Crippen MR) is 60.6 cm³/mol. The summed E-state index contributed by atoms with van der Waals surface area (Å²) in [5, 5.41) is -0.374. The number of carbonyl (C=O) groups is 1. The number of amides is 1. The van der Waals surface area contributed by atoms with Crippen molar-refractivity contribution in [2.24, 2.45) is 0 Å². The number of benzene rings is 1. The highest BCUT2D eigenvalue weighted by Gasteiger charge is 2.36. The molecule has 1 saturated carbocycles. The Bertz CT molecular complexity index is 518. The van der Waals surface area contributed by atoms with Crippen molar-refractivity contribution in [3.8, 4) is 0 Å². The standard InChI is InChI=1S/C11H13NO3S/c1-8-3-2-4-9(7-8)11(13)12-16(14,15)10-5-6-10/h2-4,7,10H,5-6H2,1H3,(H,12,13). The van der Waals surface area contributed by atoms with Gasteiger partial charge in [-0.2, -0.15) is 0 Å². The maximum Gasteiger partial charge on any atom is 0.264 e. The van der Waals surface area contributed by atoms with Crippen molar-refractivity contribution in [2.75, 3.05) is 0 Å². The molecule has 1 aliphatic rings. The number of hydrogen-bond acceptors (Lipinski definition) is 3. The molecule has 0 aliphatic heterocycles. The zero-order chi connectivity index (χ0) is 11.8. The van der Waals surface area contributed by atoms with Crippen molar-refractivity contribution >= 4 is 15.9 Å². The van der Waals surface area contributed by atoms with Gasteiger partial charge in [0.15, 0.2) is 0 Å². The molecule has 0 spiro atoms. The molecule has 16 heavy (non-hydrogen) atoms. The van der Waals surface area contributed by atoms with E-state index in [1.54, 1.807) is 18.2 Å². The van der Waals surface area contributed by atoms with E-state index in [1.807, 2.05) is 13.0 Å². The van der Waals surface area contributed by atoms with Crippen LogP contribution in [0.4, 0.5) is 0 Å². The molecule has 0 heterocycles. The van der Waals surface area contributed by atoms with Gasteiger partial charge in [0.25, 0.3) is 5.91 Å². The molecule has 0 radical (unpaired) electrons. The maximum atomic E-state index is 11.7. The number of nitrogens with one attached hydrogen (secondary N) is 1. The minimum absolute atomic E-state index is 0.374. The van der Waals surface area contributed by atoms with E-state index in [2.05, 4.69) is 4.72 Å². The van der Waals surface area contributed by atoms with Crippen molar-refractivity contribution < 1.29 is 13.2 Å². The first kappa shape index (κ1) is 11.1. The fourth-order valence-electron chi connectivity index (χ4n) is 1.44. The van der Waals surface area contributed by atoms with Crippen LogP contribution in [0.15, 0.2) is 24.3 Å². The molecule has 1 aliphatic carbocycles. The van der Waals surface area contributed by atoms with Crippen LogP contribution in [0.5, 0.6) is 0 Å². The minimum Gasteiger partial charge on any atom is -0.268 e. The average Bonchev–Trinajstić information content (AvgIpc) is 3.00. The third-order valence-electron chi connectivity index (χ3n) is 2.48. The zero-order valence-electron chi connectivity index (χ0n) is 8.93. The fourth-order valence-corrected chi connectivity index (χ4v) is 2.74. The van der Waals surface area contributed by atoms with Crippen LogP contribution in [-0.4, -0.2) is 19.6 Å². The first-order valence-electron chi connectivity index (χ1n) is 5.12. The molecular formula is C11H13NO3S. The largest absolute Gasteiger partial charge is 0.268 e. The fraction of sp³-hybridized carbons (Fsp3) is 0.364. The maximum absolute atomic E-state index is 11.7. The molecule has 1 aromatic rings. The van der Waals surface area contributed by atoms with E-state index >= 15 is 0 Å². The number of sulfonamides is 1. The Labute approximate surface area is 94.7 Å². The lowest BCUT2D eigenvalue weighted by Crippen LogP contribution is -2.33. The number of carbonyl (C=O) groups excluding carboxylic acids is 1. The van der Waals surface area contributed by atoms with Crippen molar-refractivity contribution in [2.45, 2.75) is 25.0 Å². The Kier molecular flexibility index (Phi) is 2.71. The second-order valence-electron chi connectivity index (χ2n) is 4.05. The smallest absolute Gasteiger partial charge is 0.264 e. The Morgan fingerprint density at radius 1 is 1.38 bits per heavy atom. The summed E-state index contributed by atoms with van der Waals surface area (Å²) in [5.41, 5.74) is 1.31. The molecule has 86 valence electrons. The van der Waals surface area contributed by atoms with Crippen LogP contribution >= 0.6 is 0 Å². The van der Waals surface area contributed by atoms with Gasteiger partial charge >= 0.3 is 0 Å². The van der Waals surface area contributed by atoms with Gasteiger partial charge in [-0.05, 0) is 31.9 Å². The van der Waals surface area contributed by atoms with Crippen molar-refractivity contribution in [1.82, 2.24) is 4.72 Å². The Hall–Kier alpha value is -1.36. The quantitative estimate of drug-likeness (QED) is 0.862. The Balaban J connectivity index is 2.14. The summed E-state index contributed by atoms with van der Waals surface area (Å²) in [5.74, 6) is -0.546. The van der Waals surface area contributed by atoms with E-state index in [9.17, 15) is 13.2 Å². The zero-order valence-corrected chi connectivity index (χ0v) is 9.75. The lowest BCUT2D eigenvalue weighted by molar-refractivity contribution is 0.0981. The van der Waals surface area contributed by atoms with Crippen LogP contribution in [-0.2, 0) is 10.0 Å². The molecule has 1 aromatic carbocycles. The highest BCUT2D eigenvalue weighted by molar-refractivity contribution is 7.91. The van der Waals surface area contributed by atoms with E-state index in [-0.39, 0.29) is 5.25 Å². The summed E-state index contributed by atoms with van der Waals surface area (Å²) in [4.78, 5) is 11.7. The van der Waals surface area contributed by atoms with Crippen LogP contribution in [0, 0.1) is 6.92 Å². The third kappa shape index (κ3) is 2.41. The second kappa shape index (κ2) is 3.90. The van der Waals surface area contributed by atoms with Crippen molar-refractivity contribution in [1.29, 1.82) is 0 Å².